The van der Waals surface area contributed by atoms with E-state index in [1.807, 2.05) is 23.3 Å². The molecule has 1 aliphatic carbocycles. The smallest absolute Gasteiger partial charge is 0.407 e. The monoisotopic (exact) mass is 464 g/mol. The summed E-state index contributed by atoms with van der Waals surface area (Å²) in [4.78, 5) is 19.8. The molecule has 2 heterocycles. The predicted octanol–water partition coefficient (Wildman–Crippen LogP) is 5.42. The first-order valence-electron chi connectivity index (χ1n) is 11.0. The molecule has 32 heavy (non-hydrogen) atoms. The molecule has 2 fully saturated rings. The third-order valence-corrected chi connectivity index (χ3v) is 6.54. The Labute approximate surface area is 192 Å². The van der Waals surface area contributed by atoms with E-state index in [4.69, 9.17) is 4.74 Å². The summed E-state index contributed by atoms with van der Waals surface area (Å²) < 4.78 is 31.6. The number of alkyl carbamates (subject to hydrolysis) is 1. The summed E-state index contributed by atoms with van der Waals surface area (Å²) >= 11 is 1.45. The topological polar surface area (TPSA) is 66.3 Å². The first-order valence-corrected chi connectivity index (χ1v) is 11.8. The van der Waals surface area contributed by atoms with Gasteiger partial charge in [0.05, 0.1) is 12.6 Å². The second kappa shape index (κ2) is 12.0. The van der Waals surface area contributed by atoms with Crippen LogP contribution in [-0.2, 0) is 4.74 Å². The van der Waals surface area contributed by atoms with E-state index in [0.29, 0.717) is 24.4 Å². The van der Waals surface area contributed by atoms with Crippen molar-refractivity contribution < 1.29 is 18.4 Å². The number of aliphatic imine (C=N–C) groups is 1. The molecule has 3 aliphatic rings. The van der Waals surface area contributed by atoms with Gasteiger partial charge in [-0.15, -0.1) is 0 Å². The molecule has 0 aromatic rings. The van der Waals surface area contributed by atoms with Crippen molar-refractivity contribution >= 4 is 29.4 Å². The van der Waals surface area contributed by atoms with Gasteiger partial charge in [-0.1, -0.05) is 46.6 Å². The molecule has 1 amide bonds. The Morgan fingerprint density at radius 3 is 2.88 bits per heavy atom. The molecule has 1 N–H and O–H groups in total. The molecule has 1 saturated carbocycles. The number of rotatable bonds is 8. The first-order chi connectivity index (χ1) is 15.6. The van der Waals surface area contributed by atoms with Crippen molar-refractivity contribution in [2.75, 3.05) is 19.8 Å². The van der Waals surface area contributed by atoms with Crippen LogP contribution < -0.4 is 5.32 Å². The van der Waals surface area contributed by atoms with Crippen LogP contribution in [0.5, 0.6) is 0 Å². The summed E-state index contributed by atoms with van der Waals surface area (Å²) in [7, 11) is 0. The van der Waals surface area contributed by atoms with E-state index in [1.54, 1.807) is 0 Å². The normalized spacial score (nSPS) is 22.5. The molecular weight excluding hydrogens is 434 g/mol. The Bertz CT molecular complexity index is 860. The Balaban J connectivity index is 1.77. The Kier molecular flexibility index (Phi) is 9.08. The average Bonchev–Trinajstić information content (AvgIpc) is 3.21. The second-order valence-corrected chi connectivity index (χ2v) is 8.92. The predicted molar refractivity (Wildman–Crippen MR) is 126 cm³/mol. The minimum atomic E-state index is -0.714. The zero-order chi connectivity index (χ0) is 22.9. The molecule has 0 spiro atoms. The van der Waals surface area contributed by atoms with Gasteiger partial charge in [-0.05, 0) is 44.1 Å². The van der Waals surface area contributed by atoms with Crippen molar-refractivity contribution in [1.29, 1.82) is 0 Å². The molecule has 9 heteroatoms. The summed E-state index contributed by atoms with van der Waals surface area (Å²) in [5, 5.41) is 7.72. The van der Waals surface area contributed by atoms with Gasteiger partial charge in [0.25, 0.3) is 0 Å². The number of allylic oxidation sites excluding steroid dienone is 3. The molecule has 1 unspecified atom stereocenters. The molecule has 1 atom stereocenters. The lowest BCUT2D eigenvalue weighted by Gasteiger charge is -2.29. The van der Waals surface area contributed by atoms with Crippen LogP contribution in [0, 0.1) is 0 Å². The van der Waals surface area contributed by atoms with Gasteiger partial charge in [0.1, 0.15) is 24.3 Å². The molecule has 0 radical (unpaired) electrons. The van der Waals surface area contributed by atoms with Crippen LogP contribution >= 0.6 is 11.8 Å². The fourth-order valence-corrected chi connectivity index (χ4v) is 4.79. The number of hydrogen-bond acceptors (Lipinski definition) is 6. The second-order valence-electron chi connectivity index (χ2n) is 7.92. The van der Waals surface area contributed by atoms with Gasteiger partial charge in [0.15, 0.2) is 0 Å². The van der Waals surface area contributed by atoms with Gasteiger partial charge in [0, 0.05) is 29.1 Å². The SMILES string of the molecule is C=C(S/C=C\C)C1=NCC(C(/C=C\CF)=NF)=C2CC(NC(=O)OC3CCCCC3)CN12. The zero-order valence-electron chi connectivity index (χ0n) is 18.4. The maximum atomic E-state index is 13.4. The number of hydrogen-bond donors (Lipinski definition) is 1. The zero-order valence-corrected chi connectivity index (χ0v) is 19.2. The summed E-state index contributed by atoms with van der Waals surface area (Å²) in [6.07, 6.45) is 9.59. The van der Waals surface area contributed by atoms with Gasteiger partial charge in [-0.3, -0.25) is 4.99 Å². The number of amides is 1. The highest BCUT2D eigenvalue weighted by Gasteiger charge is 2.37. The third-order valence-electron chi connectivity index (χ3n) is 5.67. The summed E-state index contributed by atoms with van der Waals surface area (Å²) in [5.74, 6) is 0.685. The number of thioether (sulfide) groups is 1. The third kappa shape index (κ3) is 6.09. The fourth-order valence-electron chi connectivity index (χ4n) is 4.21. The number of nitrogens with one attached hydrogen (secondary N) is 1. The molecule has 6 nitrogen and oxygen atoms in total. The van der Waals surface area contributed by atoms with Crippen LogP contribution in [0.1, 0.15) is 45.4 Å². The molecule has 174 valence electrons. The molecule has 3 rings (SSSR count). The van der Waals surface area contributed by atoms with Crippen LogP contribution in [0.2, 0.25) is 0 Å². The van der Waals surface area contributed by atoms with Crippen LogP contribution in [0.3, 0.4) is 0 Å². The average molecular weight is 465 g/mol. The number of fused-ring (bicyclic) bond motifs is 1. The molecule has 1 saturated heterocycles. The largest absolute Gasteiger partial charge is 0.446 e. The Morgan fingerprint density at radius 2 is 2.19 bits per heavy atom. The Hall–Kier alpha value is -2.42. The van der Waals surface area contributed by atoms with E-state index in [-0.39, 0.29) is 24.4 Å². The summed E-state index contributed by atoms with van der Waals surface area (Å²) in [5.41, 5.74) is 1.43. The van der Waals surface area contributed by atoms with E-state index >= 15 is 0 Å². The standard InChI is InChI=1S/C23H30F2N4O2S/c1-3-12-32-16(2)22-26-14-19(20(28-25)10-7-11-24)21-13-17(15-29(21)22)27-23(30)31-18-8-5-4-6-9-18/h3,7,10,12,17-18H,2,4-6,8-9,11,13-15H2,1H3,(H,27,30)/b10-7-,12-3-,28-20?. The Morgan fingerprint density at radius 1 is 1.41 bits per heavy atom. The number of amidine groups is 1. The lowest BCUT2D eigenvalue weighted by Crippen LogP contribution is -2.40. The van der Waals surface area contributed by atoms with Crippen molar-refractivity contribution in [2.24, 2.45) is 10.2 Å². The highest BCUT2D eigenvalue weighted by molar-refractivity contribution is 8.06. The quantitative estimate of drug-likeness (QED) is 0.487. The van der Waals surface area contributed by atoms with Crippen LogP contribution in [0.25, 0.3) is 0 Å². The maximum absolute atomic E-state index is 13.4. The van der Waals surface area contributed by atoms with E-state index in [9.17, 15) is 13.7 Å². The van der Waals surface area contributed by atoms with Crippen molar-refractivity contribution in [3.8, 4) is 0 Å². The van der Waals surface area contributed by atoms with Crippen molar-refractivity contribution in [3.63, 3.8) is 0 Å². The van der Waals surface area contributed by atoms with Crippen molar-refractivity contribution in [2.45, 2.75) is 57.6 Å². The number of ether oxygens (including phenoxy) is 1. The van der Waals surface area contributed by atoms with Crippen LogP contribution in [-0.4, -0.2) is 54.5 Å². The van der Waals surface area contributed by atoms with Gasteiger partial charge < -0.3 is 15.0 Å². The van der Waals surface area contributed by atoms with E-state index in [1.165, 1.54) is 30.3 Å². The van der Waals surface area contributed by atoms with Gasteiger partial charge >= 0.3 is 6.09 Å². The van der Waals surface area contributed by atoms with E-state index in [0.717, 1.165) is 36.3 Å². The maximum Gasteiger partial charge on any atom is 0.407 e. The lowest BCUT2D eigenvalue weighted by atomic mass is 9.98. The number of alkyl halides is 1. The lowest BCUT2D eigenvalue weighted by molar-refractivity contribution is 0.0732. The highest BCUT2D eigenvalue weighted by atomic mass is 32.2. The number of carbonyl (C=O) groups excluding carboxylic acids is 1. The number of halogens is 2. The van der Waals surface area contributed by atoms with Crippen molar-refractivity contribution in [1.82, 2.24) is 10.2 Å². The fraction of sp³-hybridized carbons (Fsp3) is 0.522. The summed E-state index contributed by atoms with van der Waals surface area (Å²) in [6, 6.07) is -0.232. The van der Waals surface area contributed by atoms with Crippen LogP contribution in [0.4, 0.5) is 13.7 Å². The van der Waals surface area contributed by atoms with Gasteiger partial charge in [-0.2, -0.15) is 0 Å². The van der Waals surface area contributed by atoms with E-state index < -0.39 is 12.8 Å². The van der Waals surface area contributed by atoms with Crippen LogP contribution in [0.15, 0.2) is 56.6 Å². The molecule has 2 aliphatic heterocycles. The molecule has 0 aromatic carbocycles. The molecule has 0 aromatic heterocycles. The van der Waals surface area contributed by atoms with E-state index in [2.05, 4.69) is 22.1 Å². The first kappa shape index (κ1) is 24.2. The van der Waals surface area contributed by atoms with Gasteiger partial charge in [0.2, 0.25) is 0 Å². The number of nitrogens with zero attached hydrogens (tertiary/aromatic N) is 3. The summed E-state index contributed by atoms with van der Waals surface area (Å²) in [6.45, 7) is 5.98. The minimum Gasteiger partial charge on any atom is -0.446 e. The minimum absolute atomic E-state index is 0.0345. The number of carbonyl (C=O) groups is 1. The molecule has 0 bridgehead atoms. The molecular formula is C23H30F2N4O2S. The highest BCUT2D eigenvalue weighted by Crippen LogP contribution is 2.34. The van der Waals surface area contributed by atoms with Gasteiger partial charge in [-0.25, -0.2) is 9.18 Å². The van der Waals surface area contributed by atoms with Crippen molar-refractivity contribution in [3.05, 3.63) is 46.4 Å².